The third-order valence-corrected chi connectivity index (χ3v) is 0.944. The average molecular weight is 127 g/mol. The number of hydrogen-bond donors (Lipinski definition) is 1. The van der Waals surface area contributed by atoms with E-state index in [1.165, 1.54) is 0 Å². The molecule has 0 fully saturated rings. The minimum Gasteiger partial charge on any atom is -0.392 e. The lowest BCUT2D eigenvalue weighted by Gasteiger charge is -1.91. The summed E-state index contributed by atoms with van der Waals surface area (Å²) in [5, 5.41) is 8.63. The molecule has 0 aliphatic heterocycles. The second-order valence-corrected chi connectivity index (χ2v) is 1.73. The Morgan fingerprint density at radius 2 is 2.33 bits per heavy atom. The second kappa shape index (κ2) is 5.51. The zero-order chi connectivity index (χ0) is 7.11. The molecule has 0 radical (unpaired) electrons. The van der Waals surface area contributed by atoms with Gasteiger partial charge in [-0.15, -0.1) is 0 Å². The summed E-state index contributed by atoms with van der Waals surface area (Å²) >= 11 is 0. The molecule has 0 heterocycles. The van der Waals surface area contributed by atoms with Crippen molar-refractivity contribution in [3.8, 4) is 0 Å². The lowest BCUT2D eigenvalue weighted by atomic mass is 10.2. The lowest BCUT2D eigenvalue weighted by Crippen LogP contribution is -1.90. The molecule has 0 aliphatic carbocycles. The topological polar surface area (TPSA) is 32.6 Å². The normalized spacial score (nSPS) is 13.0. The molecule has 0 amide bonds. The fourth-order valence-corrected chi connectivity index (χ4v) is 0.586. The van der Waals surface area contributed by atoms with Crippen molar-refractivity contribution in [1.82, 2.24) is 0 Å². The Kier molecular flexibility index (Phi) is 5.12. The minimum absolute atomic E-state index is 0.0885. The van der Waals surface area contributed by atoms with E-state index >= 15 is 0 Å². The number of rotatable bonds is 3. The van der Waals surface area contributed by atoms with E-state index in [1.807, 2.05) is 13.0 Å². The summed E-state index contributed by atoms with van der Waals surface area (Å²) in [7, 11) is 1.69. The molecule has 0 atom stereocenters. The van der Waals surface area contributed by atoms with Crippen LogP contribution in [0.15, 0.2) is 16.6 Å². The van der Waals surface area contributed by atoms with Crippen molar-refractivity contribution in [3.05, 3.63) is 11.6 Å². The molecular weight excluding hydrogens is 114 g/mol. The van der Waals surface area contributed by atoms with E-state index in [0.717, 1.165) is 12.0 Å². The van der Waals surface area contributed by atoms with Gasteiger partial charge in [0, 0.05) is 13.3 Å². The molecule has 0 rings (SSSR count). The van der Waals surface area contributed by atoms with Gasteiger partial charge >= 0.3 is 0 Å². The van der Waals surface area contributed by atoms with Crippen LogP contribution in [0.1, 0.15) is 13.3 Å². The predicted octanol–water partition coefficient (Wildman–Crippen LogP) is 1.02. The molecule has 0 aromatic heterocycles. The van der Waals surface area contributed by atoms with Gasteiger partial charge in [0.25, 0.3) is 0 Å². The summed E-state index contributed by atoms with van der Waals surface area (Å²) in [5.74, 6) is 0. The Morgan fingerprint density at radius 3 is 2.67 bits per heavy atom. The van der Waals surface area contributed by atoms with E-state index in [-0.39, 0.29) is 6.61 Å². The van der Waals surface area contributed by atoms with E-state index in [9.17, 15) is 0 Å². The van der Waals surface area contributed by atoms with Crippen LogP contribution < -0.4 is 0 Å². The molecule has 0 bridgehead atoms. The van der Waals surface area contributed by atoms with Crippen LogP contribution in [-0.4, -0.2) is 25.0 Å². The molecule has 2 nitrogen and oxygen atoms in total. The highest BCUT2D eigenvalue weighted by atomic mass is 16.3. The van der Waals surface area contributed by atoms with Crippen LogP contribution in [-0.2, 0) is 0 Å². The highest BCUT2D eigenvalue weighted by molar-refractivity contribution is 5.78. The first-order chi connectivity index (χ1) is 4.35. The van der Waals surface area contributed by atoms with Gasteiger partial charge in [-0.25, -0.2) is 0 Å². The SMILES string of the molecule is CC/C=C(\C=N/C)CO. The number of aliphatic hydroxyl groups is 1. The molecule has 1 N–H and O–H groups in total. The predicted molar refractivity (Wildman–Crippen MR) is 39.9 cm³/mol. The van der Waals surface area contributed by atoms with Crippen molar-refractivity contribution in [2.75, 3.05) is 13.7 Å². The number of aliphatic hydroxyl groups excluding tert-OH is 1. The van der Waals surface area contributed by atoms with E-state index in [4.69, 9.17) is 5.11 Å². The van der Waals surface area contributed by atoms with Gasteiger partial charge in [-0.2, -0.15) is 0 Å². The molecule has 0 saturated carbocycles. The van der Waals surface area contributed by atoms with Crippen molar-refractivity contribution in [2.45, 2.75) is 13.3 Å². The molecule has 0 spiro atoms. The molecular formula is C7H13NO. The first kappa shape index (κ1) is 8.37. The highest BCUT2D eigenvalue weighted by Gasteiger charge is 1.84. The van der Waals surface area contributed by atoms with Crippen LogP contribution in [0, 0.1) is 0 Å². The zero-order valence-corrected chi connectivity index (χ0v) is 5.96. The van der Waals surface area contributed by atoms with Crippen molar-refractivity contribution < 1.29 is 5.11 Å². The molecule has 0 unspecified atom stereocenters. The first-order valence-corrected chi connectivity index (χ1v) is 3.07. The Bertz CT molecular complexity index is 116. The Balaban J connectivity index is 3.81. The number of allylic oxidation sites excluding steroid dienone is 1. The Labute approximate surface area is 55.9 Å². The van der Waals surface area contributed by atoms with Crippen LogP contribution in [0.2, 0.25) is 0 Å². The molecule has 2 heteroatoms. The van der Waals surface area contributed by atoms with Crippen molar-refractivity contribution in [2.24, 2.45) is 4.99 Å². The number of aliphatic imine (C=N–C) groups is 1. The molecule has 0 aromatic rings. The fraction of sp³-hybridized carbons (Fsp3) is 0.571. The second-order valence-electron chi connectivity index (χ2n) is 1.73. The maximum absolute atomic E-state index is 8.63. The summed E-state index contributed by atoms with van der Waals surface area (Å²) in [4.78, 5) is 3.77. The fourth-order valence-electron chi connectivity index (χ4n) is 0.586. The largest absolute Gasteiger partial charge is 0.392 e. The van der Waals surface area contributed by atoms with Crippen LogP contribution in [0.5, 0.6) is 0 Å². The summed E-state index contributed by atoms with van der Waals surface area (Å²) in [6, 6.07) is 0. The molecule has 0 saturated heterocycles. The van der Waals surface area contributed by atoms with Crippen LogP contribution in [0.3, 0.4) is 0 Å². The Morgan fingerprint density at radius 1 is 1.67 bits per heavy atom. The van der Waals surface area contributed by atoms with Gasteiger partial charge < -0.3 is 5.11 Å². The van der Waals surface area contributed by atoms with Crippen molar-refractivity contribution >= 4 is 6.21 Å². The van der Waals surface area contributed by atoms with E-state index in [0.29, 0.717) is 0 Å². The molecule has 52 valence electrons. The van der Waals surface area contributed by atoms with Crippen LogP contribution >= 0.6 is 0 Å². The lowest BCUT2D eigenvalue weighted by molar-refractivity contribution is 0.337. The molecule has 0 aliphatic rings. The smallest absolute Gasteiger partial charge is 0.0693 e. The summed E-state index contributed by atoms with van der Waals surface area (Å²) < 4.78 is 0. The van der Waals surface area contributed by atoms with E-state index in [2.05, 4.69) is 4.99 Å². The third kappa shape index (κ3) is 3.91. The standard InChI is InChI=1S/C7H13NO/c1-3-4-7(6-9)5-8-2/h4-5,9H,3,6H2,1-2H3/b7-4+,8-5-. The van der Waals surface area contributed by atoms with Gasteiger partial charge in [0.2, 0.25) is 0 Å². The van der Waals surface area contributed by atoms with Gasteiger partial charge in [0.05, 0.1) is 6.61 Å². The maximum Gasteiger partial charge on any atom is 0.0693 e. The number of nitrogens with zero attached hydrogens (tertiary/aromatic N) is 1. The van der Waals surface area contributed by atoms with Gasteiger partial charge in [-0.3, -0.25) is 4.99 Å². The maximum atomic E-state index is 8.63. The van der Waals surface area contributed by atoms with Crippen molar-refractivity contribution in [3.63, 3.8) is 0 Å². The summed E-state index contributed by atoms with van der Waals surface area (Å²) in [6.07, 6.45) is 4.57. The molecule has 0 aromatic carbocycles. The van der Waals surface area contributed by atoms with Crippen LogP contribution in [0.25, 0.3) is 0 Å². The van der Waals surface area contributed by atoms with Gasteiger partial charge in [0.1, 0.15) is 0 Å². The first-order valence-electron chi connectivity index (χ1n) is 3.07. The van der Waals surface area contributed by atoms with E-state index < -0.39 is 0 Å². The molecule has 9 heavy (non-hydrogen) atoms. The third-order valence-electron chi connectivity index (χ3n) is 0.944. The monoisotopic (exact) mass is 127 g/mol. The zero-order valence-electron chi connectivity index (χ0n) is 5.96. The quantitative estimate of drug-likeness (QED) is 0.564. The van der Waals surface area contributed by atoms with Gasteiger partial charge in [-0.05, 0) is 12.0 Å². The number of hydrogen-bond acceptors (Lipinski definition) is 2. The summed E-state index contributed by atoms with van der Waals surface area (Å²) in [5.41, 5.74) is 0.889. The van der Waals surface area contributed by atoms with Crippen LogP contribution in [0.4, 0.5) is 0 Å². The summed E-state index contributed by atoms with van der Waals surface area (Å²) in [6.45, 7) is 2.12. The van der Waals surface area contributed by atoms with E-state index in [1.54, 1.807) is 13.3 Å². The highest BCUT2D eigenvalue weighted by Crippen LogP contribution is 1.90. The van der Waals surface area contributed by atoms with Crippen molar-refractivity contribution in [1.29, 1.82) is 0 Å². The Hall–Kier alpha value is -0.630. The van der Waals surface area contributed by atoms with Gasteiger partial charge in [0.15, 0.2) is 0 Å². The van der Waals surface area contributed by atoms with Gasteiger partial charge in [-0.1, -0.05) is 13.0 Å². The minimum atomic E-state index is 0.0885. The average Bonchev–Trinajstić information content (AvgIpc) is 1.88.